The second-order valence-electron chi connectivity index (χ2n) is 7.59. The van der Waals surface area contributed by atoms with Gasteiger partial charge in [0.05, 0.1) is 0 Å². The first-order chi connectivity index (χ1) is 14.0. The summed E-state index contributed by atoms with van der Waals surface area (Å²) in [6.45, 7) is 3.88. The largest absolute Gasteiger partial charge is 0.362 e. The number of ketones is 1. The quantitative estimate of drug-likeness (QED) is 0.660. The number of dihydropyridines is 1. The summed E-state index contributed by atoms with van der Waals surface area (Å²) in [4.78, 5) is 26.3. The molecule has 0 aromatic heterocycles. The Morgan fingerprint density at radius 1 is 1.10 bits per heavy atom. The molecule has 1 aliphatic heterocycles. The molecule has 2 aliphatic rings. The number of para-hydroxylation sites is 1. The van der Waals surface area contributed by atoms with Gasteiger partial charge in [0.2, 0.25) is 0 Å². The first-order valence-electron chi connectivity index (χ1n) is 9.82. The molecule has 0 radical (unpaired) electrons. The van der Waals surface area contributed by atoms with Gasteiger partial charge in [0, 0.05) is 45.0 Å². The van der Waals surface area contributed by atoms with Gasteiger partial charge in [-0.3, -0.25) is 9.59 Å². The summed E-state index contributed by atoms with van der Waals surface area (Å²) in [5, 5.41) is 6.41. The molecule has 0 saturated heterocycles. The Balaban J connectivity index is 1.81. The molecule has 0 unspecified atom stereocenters. The van der Waals surface area contributed by atoms with E-state index in [1.54, 1.807) is 0 Å². The maximum Gasteiger partial charge on any atom is 0.254 e. The van der Waals surface area contributed by atoms with Crippen LogP contribution >= 0.6 is 15.9 Å². The van der Waals surface area contributed by atoms with Gasteiger partial charge >= 0.3 is 0 Å². The number of allylic oxidation sites excluding steroid dienone is 3. The number of aryl methyl sites for hydroxylation is 1. The van der Waals surface area contributed by atoms with E-state index < -0.39 is 0 Å². The lowest BCUT2D eigenvalue weighted by molar-refractivity contribution is -0.116. The van der Waals surface area contributed by atoms with E-state index in [0.717, 1.165) is 51.1 Å². The van der Waals surface area contributed by atoms with Gasteiger partial charge in [-0.25, -0.2) is 0 Å². The SMILES string of the molecule is CC1=C(C(=O)Nc2ccccc2C)[C@H](c2cccc(Br)c2)C2=C(CCCC2=O)N1. The molecular weight excluding hydrogens is 428 g/mol. The van der Waals surface area contributed by atoms with Crippen LogP contribution in [0.3, 0.4) is 0 Å². The lowest BCUT2D eigenvalue weighted by Gasteiger charge is -2.34. The molecule has 1 atom stereocenters. The maximum absolute atomic E-state index is 13.4. The third-order valence-corrected chi connectivity index (χ3v) is 6.09. The van der Waals surface area contributed by atoms with Crippen LogP contribution in [0.2, 0.25) is 0 Å². The normalized spacial score (nSPS) is 19.0. The summed E-state index contributed by atoms with van der Waals surface area (Å²) in [6.07, 6.45) is 2.19. The highest BCUT2D eigenvalue weighted by Gasteiger charge is 2.38. The van der Waals surface area contributed by atoms with Crippen LogP contribution in [-0.4, -0.2) is 11.7 Å². The first kappa shape index (κ1) is 19.6. The Kier molecular flexibility index (Phi) is 5.41. The van der Waals surface area contributed by atoms with E-state index in [4.69, 9.17) is 0 Å². The van der Waals surface area contributed by atoms with Crippen LogP contribution < -0.4 is 10.6 Å². The van der Waals surface area contributed by atoms with Gasteiger partial charge in [-0.2, -0.15) is 0 Å². The summed E-state index contributed by atoms with van der Waals surface area (Å²) < 4.78 is 0.926. The second kappa shape index (κ2) is 7.99. The number of hydrogen-bond donors (Lipinski definition) is 2. The molecule has 1 aliphatic carbocycles. The molecule has 1 heterocycles. The van der Waals surface area contributed by atoms with Crippen molar-refractivity contribution in [3.8, 4) is 0 Å². The highest BCUT2D eigenvalue weighted by Crippen LogP contribution is 2.43. The van der Waals surface area contributed by atoms with Gasteiger partial charge < -0.3 is 10.6 Å². The standard InChI is InChI=1S/C24H23BrN2O2/c1-14-7-3-4-10-18(14)27-24(29)21-15(2)26-19-11-6-12-20(28)23(19)22(21)16-8-5-9-17(25)13-16/h3-5,7-10,13,22,26H,6,11-12H2,1-2H3,(H,27,29)/t22-/m0/s1. The smallest absolute Gasteiger partial charge is 0.254 e. The van der Waals surface area contributed by atoms with Gasteiger partial charge in [0.15, 0.2) is 5.78 Å². The van der Waals surface area contributed by atoms with E-state index in [-0.39, 0.29) is 17.6 Å². The van der Waals surface area contributed by atoms with Crippen LogP contribution in [0.1, 0.15) is 43.2 Å². The number of amides is 1. The molecule has 1 amide bonds. The van der Waals surface area contributed by atoms with E-state index >= 15 is 0 Å². The Labute approximate surface area is 179 Å². The number of benzene rings is 2. The molecule has 5 heteroatoms. The summed E-state index contributed by atoms with van der Waals surface area (Å²) in [6, 6.07) is 15.6. The van der Waals surface area contributed by atoms with E-state index in [1.807, 2.05) is 62.4 Å². The summed E-state index contributed by atoms with van der Waals surface area (Å²) in [5.41, 5.74) is 5.80. The van der Waals surface area contributed by atoms with Crippen LogP contribution in [0, 0.1) is 6.92 Å². The van der Waals surface area contributed by atoms with E-state index in [1.165, 1.54) is 0 Å². The molecule has 148 valence electrons. The fraction of sp³-hybridized carbons (Fsp3) is 0.250. The van der Waals surface area contributed by atoms with E-state index in [2.05, 4.69) is 26.6 Å². The Morgan fingerprint density at radius 3 is 2.66 bits per heavy atom. The zero-order chi connectivity index (χ0) is 20.5. The number of carbonyl (C=O) groups excluding carboxylic acids is 2. The molecule has 0 fully saturated rings. The zero-order valence-electron chi connectivity index (χ0n) is 16.5. The van der Waals surface area contributed by atoms with Gasteiger partial charge in [-0.15, -0.1) is 0 Å². The van der Waals surface area contributed by atoms with Crippen molar-refractivity contribution in [2.24, 2.45) is 0 Å². The molecular formula is C24H23BrN2O2. The minimum atomic E-state index is -0.374. The molecule has 4 nitrogen and oxygen atoms in total. The van der Waals surface area contributed by atoms with Crippen LogP contribution in [0.5, 0.6) is 0 Å². The number of Topliss-reactive ketones (excluding diaryl/α,β-unsaturated/α-hetero) is 1. The third kappa shape index (κ3) is 3.79. The lowest BCUT2D eigenvalue weighted by Crippen LogP contribution is -2.35. The lowest BCUT2D eigenvalue weighted by atomic mass is 9.75. The van der Waals surface area contributed by atoms with Gasteiger partial charge in [0.1, 0.15) is 0 Å². The van der Waals surface area contributed by atoms with Gasteiger partial charge in [-0.05, 0) is 56.0 Å². The predicted molar refractivity (Wildman–Crippen MR) is 118 cm³/mol. The number of nitrogens with one attached hydrogen (secondary N) is 2. The van der Waals surface area contributed by atoms with Crippen molar-refractivity contribution >= 4 is 33.3 Å². The van der Waals surface area contributed by atoms with Crippen molar-refractivity contribution in [1.82, 2.24) is 5.32 Å². The van der Waals surface area contributed by atoms with Crippen molar-refractivity contribution in [3.63, 3.8) is 0 Å². The summed E-state index contributed by atoms with van der Waals surface area (Å²) >= 11 is 3.53. The summed E-state index contributed by atoms with van der Waals surface area (Å²) in [7, 11) is 0. The second-order valence-corrected chi connectivity index (χ2v) is 8.51. The van der Waals surface area contributed by atoms with Crippen LogP contribution in [0.25, 0.3) is 0 Å². The summed E-state index contributed by atoms with van der Waals surface area (Å²) in [5.74, 6) is -0.433. The minimum absolute atomic E-state index is 0.123. The van der Waals surface area contributed by atoms with Gasteiger partial charge in [-0.1, -0.05) is 46.3 Å². The monoisotopic (exact) mass is 450 g/mol. The fourth-order valence-corrected chi connectivity index (χ4v) is 4.62. The molecule has 2 N–H and O–H groups in total. The van der Waals surface area contributed by atoms with Crippen molar-refractivity contribution in [2.45, 2.75) is 39.0 Å². The molecule has 2 aromatic carbocycles. The predicted octanol–water partition coefficient (Wildman–Crippen LogP) is 5.36. The Morgan fingerprint density at radius 2 is 1.90 bits per heavy atom. The molecule has 2 aromatic rings. The fourth-order valence-electron chi connectivity index (χ4n) is 4.21. The van der Waals surface area contributed by atoms with Crippen molar-refractivity contribution < 1.29 is 9.59 Å². The van der Waals surface area contributed by atoms with Crippen molar-refractivity contribution in [1.29, 1.82) is 0 Å². The Hall–Kier alpha value is -2.66. The Bertz CT molecular complexity index is 1070. The highest BCUT2D eigenvalue weighted by molar-refractivity contribution is 9.10. The van der Waals surface area contributed by atoms with Crippen LogP contribution in [0.15, 0.2) is 75.5 Å². The van der Waals surface area contributed by atoms with Crippen LogP contribution in [-0.2, 0) is 9.59 Å². The highest BCUT2D eigenvalue weighted by atomic mass is 79.9. The zero-order valence-corrected chi connectivity index (χ0v) is 18.1. The van der Waals surface area contributed by atoms with E-state index in [9.17, 15) is 9.59 Å². The van der Waals surface area contributed by atoms with Crippen molar-refractivity contribution in [3.05, 3.63) is 86.7 Å². The number of hydrogen-bond acceptors (Lipinski definition) is 3. The average Bonchev–Trinajstić information content (AvgIpc) is 2.69. The molecule has 29 heavy (non-hydrogen) atoms. The number of anilines is 1. The minimum Gasteiger partial charge on any atom is -0.362 e. The first-order valence-corrected chi connectivity index (χ1v) is 10.6. The number of halogens is 1. The van der Waals surface area contributed by atoms with Crippen LogP contribution in [0.4, 0.5) is 5.69 Å². The molecule has 0 bridgehead atoms. The topological polar surface area (TPSA) is 58.2 Å². The number of rotatable bonds is 3. The average molecular weight is 451 g/mol. The molecule has 0 saturated carbocycles. The maximum atomic E-state index is 13.4. The molecule has 4 rings (SSSR count). The molecule has 0 spiro atoms. The van der Waals surface area contributed by atoms with E-state index in [0.29, 0.717) is 12.0 Å². The van der Waals surface area contributed by atoms with Crippen molar-refractivity contribution in [2.75, 3.05) is 5.32 Å². The number of carbonyl (C=O) groups is 2. The van der Waals surface area contributed by atoms with Gasteiger partial charge in [0.25, 0.3) is 5.91 Å². The third-order valence-electron chi connectivity index (χ3n) is 5.60.